The van der Waals surface area contributed by atoms with Gasteiger partial charge in [-0.05, 0) is 31.7 Å². The lowest BCUT2D eigenvalue weighted by molar-refractivity contribution is 0.440. The number of aryl methyl sites for hydroxylation is 1. The molecule has 1 saturated heterocycles. The Morgan fingerprint density at radius 3 is 2.95 bits per heavy atom. The third-order valence-corrected chi connectivity index (χ3v) is 6.10. The number of sulfone groups is 1. The number of hydrazine groups is 1. The van der Waals surface area contributed by atoms with E-state index >= 15 is 0 Å². The van der Waals surface area contributed by atoms with E-state index in [-0.39, 0.29) is 17.0 Å². The monoisotopic (exact) mass is 286 g/mol. The van der Waals surface area contributed by atoms with Gasteiger partial charge in [0, 0.05) is 18.8 Å². The molecular weight excluding hydrogens is 264 g/mol. The SMILES string of the molecule is CCn1cc(CC(NN)C2CCCCS2(=O)=O)cn1. The Kier molecular flexibility index (Phi) is 4.59. The summed E-state index contributed by atoms with van der Waals surface area (Å²) in [7, 11) is -3.02. The molecule has 0 amide bonds. The van der Waals surface area contributed by atoms with Crippen LogP contribution in [0.25, 0.3) is 0 Å². The van der Waals surface area contributed by atoms with E-state index in [1.54, 1.807) is 6.20 Å². The lowest BCUT2D eigenvalue weighted by Gasteiger charge is -2.29. The third-order valence-electron chi connectivity index (χ3n) is 3.76. The number of hydrogen-bond acceptors (Lipinski definition) is 5. The second-order valence-electron chi connectivity index (χ2n) is 5.08. The Balaban J connectivity index is 2.11. The highest BCUT2D eigenvalue weighted by Gasteiger charge is 2.35. The summed E-state index contributed by atoms with van der Waals surface area (Å²) >= 11 is 0. The average molecular weight is 286 g/mol. The lowest BCUT2D eigenvalue weighted by atomic mass is 10.0. The molecule has 0 radical (unpaired) electrons. The zero-order chi connectivity index (χ0) is 13.9. The van der Waals surface area contributed by atoms with Crippen molar-refractivity contribution in [1.82, 2.24) is 15.2 Å². The van der Waals surface area contributed by atoms with Crippen LogP contribution in [0.1, 0.15) is 31.7 Å². The zero-order valence-electron chi connectivity index (χ0n) is 11.2. The maximum atomic E-state index is 12.1. The smallest absolute Gasteiger partial charge is 0.154 e. The highest BCUT2D eigenvalue weighted by Crippen LogP contribution is 2.23. The molecule has 7 heteroatoms. The molecule has 2 unspecified atom stereocenters. The summed E-state index contributed by atoms with van der Waals surface area (Å²) in [6.45, 7) is 2.82. The van der Waals surface area contributed by atoms with Crippen LogP contribution < -0.4 is 11.3 Å². The summed E-state index contributed by atoms with van der Waals surface area (Å²) in [5.41, 5.74) is 3.71. The molecule has 0 spiro atoms. The molecule has 1 aromatic rings. The quantitative estimate of drug-likeness (QED) is 0.598. The highest BCUT2D eigenvalue weighted by atomic mass is 32.2. The van der Waals surface area contributed by atoms with Crippen molar-refractivity contribution in [3.8, 4) is 0 Å². The third kappa shape index (κ3) is 3.34. The van der Waals surface area contributed by atoms with Crippen LogP contribution in [0.4, 0.5) is 0 Å². The van der Waals surface area contributed by atoms with Gasteiger partial charge >= 0.3 is 0 Å². The molecule has 1 aromatic heterocycles. The second-order valence-corrected chi connectivity index (χ2v) is 7.42. The molecule has 19 heavy (non-hydrogen) atoms. The van der Waals surface area contributed by atoms with Gasteiger partial charge in [-0.15, -0.1) is 0 Å². The van der Waals surface area contributed by atoms with Crippen molar-refractivity contribution >= 4 is 9.84 Å². The zero-order valence-corrected chi connectivity index (χ0v) is 12.1. The number of nitrogens with two attached hydrogens (primary N) is 1. The first-order valence-corrected chi connectivity index (χ1v) is 8.47. The minimum Gasteiger partial charge on any atom is -0.273 e. The van der Waals surface area contributed by atoms with Crippen LogP contribution in [0.15, 0.2) is 12.4 Å². The molecule has 0 bridgehead atoms. The van der Waals surface area contributed by atoms with Gasteiger partial charge in [-0.25, -0.2) is 8.42 Å². The second kappa shape index (κ2) is 6.02. The van der Waals surface area contributed by atoms with Gasteiger partial charge in [0.1, 0.15) is 0 Å². The Morgan fingerprint density at radius 2 is 2.37 bits per heavy atom. The van der Waals surface area contributed by atoms with Crippen molar-refractivity contribution in [1.29, 1.82) is 0 Å². The van der Waals surface area contributed by atoms with Gasteiger partial charge in [0.2, 0.25) is 0 Å². The van der Waals surface area contributed by atoms with Gasteiger partial charge < -0.3 is 0 Å². The van der Waals surface area contributed by atoms with E-state index in [0.29, 0.717) is 12.8 Å². The van der Waals surface area contributed by atoms with Crippen LogP contribution in [0, 0.1) is 0 Å². The van der Waals surface area contributed by atoms with Crippen LogP contribution in [0.5, 0.6) is 0 Å². The van der Waals surface area contributed by atoms with Crippen molar-refractivity contribution in [2.24, 2.45) is 5.84 Å². The number of nitrogens with one attached hydrogen (secondary N) is 1. The standard InChI is InChI=1S/C12H22N4O2S/c1-2-16-9-10(8-14-16)7-11(15-13)12-5-3-4-6-19(12,17)18/h8-9,11-12,15H,2-7,13H2,1H3. The Morgan fingerprint density at radius 1 is 1.58 bits per heavy atom. The van der Waals surface area contributed by atoms with E-state index in [2.05, 4.69) is 10.5 Å². The Hall–Kier alpha value is -0.920. The first-order valence-electron chi connectivity index (χ1n) is 6.76. The van der Waals surface area contributed by atoms with Gasteiger partial charge in [0.25, 0.3) is 0 Å². The first kappa shape index (κ1) is 14.5. The molecule has 0 aliphatic carbocycles. The number of aromatic nitrogens is 2. The van der Waals surface area contributed by atoms with Crippen molar-refractivity contribution in [3.05, 3.63) is 18.0 Å². The van der Waals surface area contributed by atoms with Gasteiger partial charge in [0.15, 0.2) is 9.84 Å². The number of hydrogen-bond donors (Lipinski definition) is 2. The minimum atomic E-state index is -3.02. The molecule has 2 heterocycles. The van der Waals surface area contributed by atoms with E-state index in [1.807, 2.05) is 17.8 Å². The van der Waals surface area contributed by atoms with E-state index in [4.69, 9.17) is 5.84 Å². The summed E-state index contributed by atoms with van der Waals surface area (Å²) in [5.74, 6) is 5.85. The first-order chi connectivity index (χ1) is 9.06. The maximum Gasteiger partial charge on any atom is 0.154 e. The maximum absolute atomic E-state index is 12.1. The van der Waals surface area contributed by atoms with Gasteiger partial charge in [0.05, 0.1) is 17.2 Å². The normalized spacial score (nSPS) is 24.2. The molecule has 0 aromatic carbocycles. The van der Waals surface area contributed by atoms with E-state index < -0.39 is 9.84 Å². The lowest BCUT2D eigenvalue weighted by Crippen LogP contribution is -2.50. The Labute approximate surface area is 114 Å². The fourth-order valence-electron chi connectivity index (χ4n) is 2.67. The molecule has 1 aliphatic rings. The van der Waals surface area contributed by atoms with Crippen molar-refractivity contribution in [3.63, 3.8) is 0 Å². The number of nitrogens with zero attached hydrogens (tertiary/aromatic N) is 2. The molecule has 108 valence electrons. The van der Waals surface area contributed by atoms with Crippen molar-refractivity contribution in [2.75, 3.05) is 5.75 Å². The van der Waals surface area contributed by atoms with Crippen LogP contribution in [0.3, 0.4) is 0 Å². The summed E-state index contributed by atoms with van der Waals surface area (Å²) in [6, 6.07) is -0.236. The molecule has 2 rings (SSSR count). The van der Waals surface area contributed by atoms with Gasteiger partial charge in [-0.1, -0.05) is 6.42 Å². The van der Waals surface area contributed by atoms with E-state index in [1.165, 1.54) is 0 Å². The predicted molar refractivity (Wildman–Crippen MR) is 74.1 cm³/mol. The fraction of sp³-hybridized carbons (Fsp3) is 0.750. The van der Waals surface area contributed by atoms with Crippen LogP contribution in [0.2, 0.25) is 0 Å². The summed E-state index contributed by atoms with van der Waals surface area (Å²) < 4.78 is 26.1. The van der Waals surface area contributed by atoms with Crippen LogP contribution in [-0.2, 0) is 22.8 Å². The Bertz CT molecular complexity index is 512. The highest BCUT2D eigenvalue weighted by molar-refractivity contribution is 7.92. The van der Waals surface area contributed by atoms with Crippen molar-refractivity contribution in [2.45, 2.75) is 50.4 Å². The fourth-order valence-corrected chi connectivity index (χ4v) is 4.78. The molecular formula is C12H22N4O2S. The van der Waals surface area contributed by atoms with Crippen molar-refractivity contribution < 1.29 is 8.42 Å². The number of rotatable bonds is 5. The average Bonchev–Trinajstić information content (AvgIpc) is 2.84. The molecule has 1 fully saturated rings. The molecule has 1 aliphatic heterocycles. The summed E-state index contributed by atoms with van der Waals surface area (Å²) in [4.78, 5) is 0. The largest absolute Gasteiger partial charge is 0.273 e. The molecule has 2 atom stereocenters. The van der Waals surface area contributed by atoms with Crippen LogP contribution in [-0.4, -0.2) is 35.2 Å². The minimum absolute atomic E-state index is 0.236. The molecule has 6 nitrogen and oxygen atoms in total. The van der Waals surface area contributed by atoms with Gasteiger partial charge in [-0.3, -0.25) is 16.0 Å². The predicted octanol–water partition coefficient (Wildman–Crippen LogP) is 0.245. The summed E-state index contributed by atoms with van der Waals surface area (Å²) in [6.07, 6.45) is 6.74. The molecule has 3 N–H and O–H groups in total. The van der Waals surface area contributed by atoms with E-state index in [0.717, 1.165) is 24.9 Å². The van der Waals surface area contributed by atoms with Gasteiger partial charge in [-0.2, -0.15) is 5.10 Å². The molecule has 0 saturated carbocycles. The van der Waals surface area contributed by atoms with E-state index in [9.17, 15) is 8.42 Å². The summed E-state index contributed by atoms with van der Waals surface area (Å²) in [5, 5.41) is 3.82. The van der Waals surface area contributed by atoms with Crippen LogP contribution >= 0.6 is 0 Å². The topological polar surface area (TPSA) is 90.0 Å².